The first-order valence-corrected chi connectivity index (χ1v) is 9.79. The molecule has 0 radical (unpaired) electrons. The standard InChI is InChI=1S/C22H25F3N2O3/c1-29-19-5-2-3-6-20(19)30-16-21(28)27-12-4-11-26(13-14-27)15-17-7-9-18(10-8-17)22(23,24)25/h2-3,5-10H,4,11-16H2,1H3. The molecule has 1 aliphatic rings. The third kappa shape index (κ3) is 5.89. The second-order valence-electron chi connectivity index (χ2n) is 7.14. The Labute approximate surface area is 174 Å². The van der Waals surface area contributed by atoms with Gasteiger partial charge in [0.25, 0.3) is 5.91 Å². The smallest absolute Gasteiger partial charge is 0.416 e. The highest BCUT2D eigenvalue weighted by Crippen LogP contribution is 2.29. The summed E-state index contributed by atoms with van der Waals surface area (Å²) in [4.78, 5) is 16.5. The monoisotopic (exact) mass is 422 g/mol. The Kier molecular flexibility index (Phi) is 7.20. The van der Waals surface area contributed by atoms with Crippen LogP contribution in [0.5, 0.6) is 11.5 Å². The first-order chi connectivity index (χ1) is 14.4. The summed E-state index contributed by atoms with van der Waals surface area (Å²) in [6, 6.07) is 12.4. The molecule has 8 heteroatoms. The highest BCUT2D eigenvalue weighted by Gasteiger charge is 2.30. The van der Waals surface area contributed by atoms with Crippen molar-refractivity contribution in [3.63, 3.8) is 0 Å². The molecule has 2 aromatic carbocycles. The number of ether oxygens (including phenoxy) is 2. The number of methoxy groups -OCH3 is 1. The summed E-state index contributed by atoms with van der Waals surface area (Å²) in [6.45, 7) is 3.09. The number of rotatable bonds is 6. The summed E-state index contributed by atoms with van der Waals surface area (Å²) >= 11 is 0. The zero-order valence-electron chi connectivity index (χ0n) is 16.8. The predicted octanol–water partition coefficient (Wildman–Crippen LogP) is 3.83. The maximum atomic E-state index is 12.7. The van der Waals surface area contributed by atoms with Crippen molar-refractivity contribution in [2.24, 2.45) is 0 Å². The van der Waals surface area contributed by atoms with Gasteiger partial charge in [0.1, 0.15) is 0 Å². The van der Waals surface area contributed by atoms with Crippen LogP contribution in [0.2, 0.25) is 0 Å². The number of hydrogen-bond donors (Lipinski definition) is 0. The van der Waals surface area contributed by atoms with Gasteiger partial charge in [0.2, 0.25) is 0 Å². The molecular weight excluding hydrogens is 397 g/mol. The summed E-state index contributed by atoms with van der Waals surface area (Å²) in [5, 5.41) is 0. The lowest BCUT2D eigenvalue weighted by Gasteiger charge is -2.22. The molecule has 0 atom stereocenters. The Morgan fingerprint density at radius 2 is 1.67 bits per heavy atom. The van der Waals surface area contributed by atoms with Gasteiger partial charge >= 0.3 is 6.18 Å². The number of hydrogen-bond acceptors (Lipinski definition) is 4. The maximum Gasteiger partial charge on any atom is 0.416 e. The van der Waals surface area contributed by atoms with Crippen molar-refractivity contribution < 1.29 is 27.4 Å². The van der Waals surface area contributed by atoms with Crippen LogP contribution in [-0.2, 0) is 17.5 Å². The zero-order valence-corrected chi connectivity index (χ0v) is 16.8. The van der Waals surface area contributed by atoms with E-state index in [0.29, 0.717) is 37.7 Å². The normalized spacial score (nSPS) is 15.5. The third-order valence-corrected chi connectivity index (χ3v) is 5.05. The SMILES string of the molecule is COc1ccccc1OCC(=O)N1CCCN(Cc2ccc(C(F)(F)F)cc2)CC1. The van der Waals surface area contributed by atoms with E-state index in [2.05, 4.69) is 4.90 Å². The summed E-state index contributed by atoms with van der Waals surface area (Å²) in [7, 11) is 1.55. The number of carbonyl (C=O) groups is 1. The first kappa shape index (κ1) is 22.0. The average Bonchev–Trinajstić information content (AvgIpc) is 2.97. The molecule has 0 aliphatic carbocycles. The van der Waals surface area contributed by atoms with Crippen LogP contribution in [0.15, 0.2) is 48.5 Å². The molecule has 2 aromatic rings. The number of alkyl halides is 3. The molecular formula is C22H25F3N2O3. The molecule has 1 saturated heterocycles. The largest absolute Gasteiger partial charge is 0.493 e. The van der Waals surface area contributed by atoms with E-state index in [0.717, 1.165) is 30.7 Å². The van der Waals surface area contributed by atoms with Crippen molar-refractivity contribution >= 4 is 5.91 Å². The van der Waals surface area contributed by atoms with E-state index in [1.165, 1.54) is 12.1 Å². The van der Waals surface area contributed by atoms with E-state index in [9.17, 15) is 18.0 Å². The molecule has 0 spiro atoms. The molecule has 0 unspecified atom stereocenters. The molecule has 5 nitrogen and oxygen atoms in total. The lowest BCUT2D eigenvalue weighted by atomic mass is 10.1. The highest BCUT2D eigenvalue weighted by molar-refractivity contribution is 5.77. The average molecular weight is 422 g/mol. The van der Waals surface area contributed by atoms with Gasteiger partial charge in [-0.2, -0.15) is 13.2 Å². The van der Waals surface area contributed by atoms with E-state index in [1.807, 2.05) is 12.1 Å². The number of halogens is 3. The van der Waals surface area contributed by atoms with Gasteiger partial charge in [-0.25, -0.2) is 0 Å². The van der Waals surface area contributed by atoms with Crippen LogP contribution in [0, 0.1) is 0 Å². The van der Waals surface area contributed by atoms with Crippen molar-refractivity contribution in [1.82, 2.24) is 9.80 Å². The van der Waals surface area contributed by atoms with Gasteiger partial charge in [0, 0.05) is 32.7 Å². The van der Waals surface area contributed by atoms with Crippen molar-refractivity contribution in [3.8, 4) is 11.5 Å². The number of nitrogens with zero attached hydrogens (tertiary/aromatic N) is 2. The molecule has 1 fully saturated rings. The predicted molar refractivity (Wildman–Crippen MR) is 106 cm³/mol. The molecule has 0 saturated carbocycles. The topological polar surface area (TPSA) is 42.0 Å². The van der Waals surface area contributed by atoms with Gasteiger partial charge in [0.05, 0.1) is 12.7 Å². The molecule has 1 amide bonds. The molecule has 0 aromatic heterocycles. The second-order valence-corrected chi connectivity index (χ2v) is 7.14. The number of amides is 1. The molecule has 0 N–H and O–H groups in total. The van der Waals surface area contributed by atoms with Gasteiger partial charge in [-0.05, 0) is 36.2 Å². The number of benzene rings is 2. The zero-order chi connectivity index (χ0) is 21.6. The second kappa shape index (κ2) is 9.84. The minimum atomic E-state index is -4.33. The van der Waals surface area contributed by atoms with E-state index < -0.39 is 11.7 Å². The van der Waals surface area contributed by atoms with Crippen molar-refractivity contribution in [3.05, 3.63) is 59.7 Å². The van der Waals surface area contributed by atoms with Crippen LogP contribution in [0.4, 0.5) is 13.2 Å². The maximum absolute atomic E-state index is 12.7. The van der Waals surface area contributed by atoms with Crippen LogP contribution in [0.3, 0.4) is 0 Å². The van der Waals surface area contributed by atoms with E-state index in [1.54, 1.807) is 24.1 Å². The Balaban J connectivity index is 1.50. The molecule has 30 heavy (non-hydrogen) atoms. The minimum absolute atomic E-state index is 0.0702. The Bertz CT molecular complexity index is 840. The lowest BCUT2D eigenvalue weighted by molar-refractivity contribution is -0.137. The first-order valence-electron chi connectivity index (χ1n) is 9.79. The fraction of sp³-hybridized carbons (Fsp3) is 0.409. The minimum Gasteiger partial charge on any atom is -0.493 e. The van der Waals surface area contributed by atoms with Crippen molar-refractivity contribution in [2.75, 3.05) is 39.9 Å². The van der Waals surface area contributed by atoms with E-state index >= 15 is 0 Å². The number of para-hydroxylation sites is 2. The van der Waals surface area contributed by atoms with Gasteiger partial charge in [0.15, 0.2) is 18.1 Å². The fourth-order valence-corrected chi connectivity index (χ4v) is 3.40. The fourth-order valence-electron chi connectivity index (χ4n) is 3.40. The van der Waals surface area contributed by atoms with Gasteiger partial charge in [-0.15, -0.1) is 0 Å². The van der Waals surface area contributed by atoms with Gasteiger partial charge < -0.3 is 14.4 Å². The summed E-state index contributed by atoms with van der Waals surface area (Å²) in [6.07, 6.45) is -3.53. The molecule has 3 rings (SSSR count). The van der Waals surface area contributed by atoms with Crippen LogP contribution >= 0.6 is 0 Å². The van der Waals surface area contributed by atoms with Crippen LogP contribution in [-0.4, -0.2) is 55.6 Å². The summed E-state index contributed by atoms with van der Waals surface area (Å²) < 4.78 is 48.9. The lowest BCUT2D eigenvalue weighted by Crippen LogP contribution is -2.38. The van der Waals surface area contributed by atoms with Crippen molar-refractivity contribution in [1.29, 1.82) is 0 Å². The van der Waals surface area contributed by atoms with Crippen LogP contribution < -0.4 is 9.47 Å². The van der Waals surface area contributed by atoms with Gasteiger partial charge in [-0.3, -0.25) is 9.69 Å². The molecule has 1 aliphatic heterocycles. The highest BCUT2D eigenvalue weighted by atomic mass is 19.4. The summed E-state index contributed by atoms with van der Waals surface area (Å²) in [5.41, 5.74) is 0.177. The van der Waals surface area contributed by atoms with Crippen LogP contribution in [0.1, 0.15) is 17.5 Å². The van der Waals surface area contributed by atoms with Crippen LogP contribution in [0.25, 0.3) is 0 Å². The summed E-state index contributed by atoms with van der Waals surface area (Å²) in [5.74, 6) is 0.994. The van der Waals surface area contributed by atoms with Gasteiger partial charge in [-0.1, -0.05) is 24.3 Å². The molecule has 1 heterocycles. The molecule has 0 bridgehead atoms. The number of carbonyl (C=O) groups excluding carboxylic acids is 1. The van der Waals surface area contributed by atoms with E-state index in [4.69, 9.17) is 9.47 Å². The Morgan fingerprint density at radius 3 is 2.33 bits per heavy atom. The third-order valence-electron chi connectivity index (χ3n) is 5.05. The quantitative estimate of drug-likeness (QED) is 0.710. The molecule has 162 valence electrons. The Morgan fingerprint density at radius 1 is 0.967 bits per heavy atom. The Hall–Kier alpha value is -2.74. The van der Waals surface area contributed by atoms with Crippen molar-refractivity contribution in [2.45, 2.75) is 19.1 Å². The van der Waals surface area contributed by atoms with E-state index in [-0.39, 0.29) is 12.5 Å².